The van der Waals surface area contributed by atoms with E-state index < -0.39 is 9.84 Å². The van der Waals surface area contributed by atoms with E-state index in [1.807, 2.05) is 25.2 Å². The van der Waals surface area contributed by atoms with E-state index in [9.17, 15) is 8.42 Å². The van der Waals surface area contributed by atoms with Gasteiger partial charge in [-0.3, -0.25) is 0 Å². The Hall–Kier alpha value is -0.870. The molecule has 0 aliphatic heterocycles. The maximum Gasteiger partial charge on any atom is 0.147 e. The topological polar surface area (TPSA) is 46.2 Å². The van der Waals surface area contributed by atoms with Crippen molar-refractivity contribution < 1.29 is 8.42 Å². The molecule has 0 saturated carbocycles. The van der Waals surface area contributed by atoms with E-state index in [1.165, 1.54) is 11.8 Å². The summed E-state index contributed by atoms with van der Waals surface area (Å²) in [4.78, 5) is 0. The first-order valence-corrected chi connectivity index (χ1v) is 8.24. The molecule has 18 heavy (non-hydrogen) atoms. The number of nitrogens with one attached hydrogen (secondary N) is 1. The molecule has 0 spiro atoms. The zero-order valence-corrected chi connectivity index (χ0v) is 12.4. The van der Waals surface area contributed by atoms with E-state index >= 15 is 0 Å². The van der Waals surface area contributed by atoms with E-state index in [-0.39, 0.29) is 17.2 Å². The average Bonchev–Trinajstić information content (AvgIpc) is 2.29. The quantitative estimate of drug-likeness (QED) is 0.859. The Morgan fingerprint density at radius 1 is 1.22 bits per heavy atom. The minimum Gasteiger partial charge on any atom is -0.316 e. The van der Waals surface area contributed by atoms with Crippen LogP contribution in [0, 0.1) is 0 Å². The fourth-order valence-electron chi connectivity index (χ4n) is 2.27. The van der Waals surface area contributed by atoms with Crippen LogP contribution in [-0.2, 0) is 15.3 Å². The molecule has 0 aliphatic carbocycles. The third-order valence-corrected chi connectivity index (χ3v) is 4.49. The highest BCUT2D eigenvalue weighted by Crippen LogP contribution is 2.28. The predicted molar refractivity (Wildman–Crippen MR) is 76.6 cm³/mol. The highest BCUT2D eigenvalue weighted by atomic mass is 32.2. The monoisotopic (exact) mass is 269 g/mol. The Kier molecular flexibility index (Phi) is 4.93. The second kappa shape index (κ2) is 5.85. The molecule has 0 bridgehead atoms. The molecule has 0 aliphatic rings. The average molecular weight is 269 g/mol. The molecule has 1 N–H and O–H groups in total. The van der Waals surface area contributed by atoms with Gasteiger partial charge in [-0.25, -0.2) is 8.42 Å². The molecule has 4 heteroatoms. The Morgan fingerprint density at radius 3 is 2.22 bits per heavy atom. The van der Waals surface area contributed by atoms with Gasteiger partial charge in [0.2, 0.25) is 0 Å². The smallest absolute Gasteiger partial charge is 0.147 e. The predicted octanol–water partition coefficient (Wildman–Crippen LogP) is 1.99. The van der Waals surface area contributed by atoms with Crippen molar-refractivity contribution >= 4 is 9.84 Å². The molecule has 1 aromatic rings. The number of likely N-dealkylation sites (N-methyl/N-ethyl adjacent to an activating group) is 1. The third-order valence-electron chi connectivity index (χ3n) is 3.51. The summed E-state index contributed by atoms with van der Waals surface area (Å²) in [5.41, 5.74) is 1.12. The fraction of sp³-hybridized carbons (Fsp3) is 0.571. The van der Waals surface area contributed by atoms with Crippen LogP contribution in [0.3, 0.4) is 0 Å². The van der Waals surface area contributed by atoms with Crippen LogP contribution < -0.4 is 5.32 Å². The van der Waals surface area contributed by atoms with Crippen molar-refractivity contribution in [3.8, 4) is 0 Å². The summed E-state index contributed by atoms with van der Waals surface area (Å²) >= 11 is 0. The molecule has 0 aromatic heterocycles. The van der Waals surface area contributed by atoms with E-state index in [0.29, 0.717) is 6.42 Å². The van der Waals surface area contributed by atoms with Crippen LogP contribution in [0.1, 0.15) is 25.8 Å². The van der Waals surface area contributed by atoms with Gasteiger partial charge < -0.3 is 5.32 Å². The highest BCUT2D eigenvalue weighted by Gasteiger charge is 2.30. The van der Waals surface area contributed by atoms with Crippen molar-refractivity contribution in [2.45, 2.75) is 31.7 Å². The molecule has 3 nitrogen and oxygen atoms in total. The normalized spacial score (nSPS) is 14.4. The van der Waals surface area contributed by atoms with E-state index in [4.69, 9.17) is 0 Å². The summed E-state index contributed by atoms with van der Waals surface area (Å²) in [6.07, 6.45) is 1.91. The second-order valence-electron chi connectivity index (χ2n) is 5.35. The van der Waals surface area contributed by atoms with Gasteiger partial charge in [0.1, 0.15) is 9.84 Å². The minimum absolute atomic E-state index is 0.0965. The molecule has 0 heterocycles. The molecule has 0 saturated heterocycles. The molecule has 0 radical (unpaired) electrons. The van der Waals surface area contributed by atoms with Crippen molar-refractivity contribution in [1.82, 2.24) is 5.32 Å². The van der Waals surface area contributed by atoms with E-state index in [0.717, 1.165) is 0 Å². The molecule has 1 aromatic carbocycles. The Labute approximate surface area is 111 Å². The van der Waals surface area contributed by atoms with Gasteiger partial charge in [-0.15, -0.1) is 0 Å². The molecule has 102 valence electrons. The molecule has 0 fully saturated rings. The zero-order valence-electron chi connectivity index (χ0n) is 11.6. The number of rotatable bonds is 6. The lowest BCUT2D eigenvalue weighted by Gasteiger charge is -2.34. The Bertz CT molecular complexity index is 466. The molecule has 1 atom stereocenters. The summed E-state index contributed by atoms with van der Waals surface area (Å²) in [7, 11) is -1.03. The van der Waals surface area contributed by atoms with Crippen LogP contribution in [0.15, 0.2) is 30.3 Å². The van der Waals surface area contributed by atoms with Gasteiger partial charge in [-0.2, -0.15) is 0 Å². The standard InChI is InChI=1S/C14H23NO2S/c1-14(2,12-8-6-5-7-9-12)13(15-3)10-11-18(4,16)17/h5-9,13,15H,10-11H2,1-4H3. The fourth-order valence-corrected chi connectivity index (χ4v) is 2.93. The van der Waals surface area contributed by atoms with Crippen LogP contribution in [-0.4, -0.2) is 33.5 Å². The largest absolute Gasteiger partial charge is 0.316 e. The van der Waals surface area contributed by atoms with Crippen LogP contribution in [0.25, 0.3) is 0 Å². The van der Waals surface area contributed by atoms with Gasteiger partial charge in [-0.1, -0.05) is 44.2 Å². The van der Waals surface area contributed by atoms with Crippen molar-refractivity contribution in [1.29, 1.82) is 0 Å². The van der Waals surface area contributed by atoms with Crippen molar-refractivity contribution in [2.24, 2.45) is 0 Å². The minimum atomic E-state index is -2.91. The van der Waals surface area contributed by atoms with Crippen molar-refractivity contribution in [2.75, 3.05) is 19.1 Å². The van der Waals surface area contributed by atoms with Crippen molar-refractivity contribution in [3.05, 3.63) is 35.9 Å². The summed E-state index contributed by atoms with van der Waals surface area (Å²) in [5.74, 6) is 0.217. The number of benzene rings is 1. The third kappa shape index (κ3) is 4.10. The SMILES string of the molecule is CNC(CCS(C)(=O)=O)C(C)(C)c1ccccc1. The van der Waals surface area contributed by atoms with Gasteiger partial charge in [0.15, 0.2) is 0 Å². The molecular formula is C14H23NO2S. The first-order chi connectivity index (χ1) is 8.27. The van der Waals surface area contributed by atoms with Crippen LogP contribution in [0.4, 0.5) is 0 Å². The number of hydrogen-bond acceptors (Lipinski definition) is 3. The van der Waals surface area contributed by atoms with E-state index in [1.54, 1.807) is 0 Å². The van der Waals surface area contributed by atoms with Crippen LogP contribution in [0.5, 0.6) is 0 Å². The maximum absolute atomic E-state index is 11.3. The molecule has 1 rings (SSSR count). The second-order valence-corrected chi connectivity index (χ2v) is 7.61. The van der Waals surface area contributed by atoms with Gasteiger partial charge in [0.25, 0.3) is 0 Å². The first-order valence-electron chi connectivity index (χ1n) is 6.18. The van der Waals surface area contributed by atoms with Crippen molar-refractivity contribution in [3.63, 3.8) is 0 Å². The number of sulfone groups is 1. The lowest BCUT2D eigenvalue weighted by Crippen LogP contribution is -2.44. The van der Waals surface area contributed by atoms with E-state index in [2.05, 4.69) is 31.3 Å². The lowest BCUT2D eigenvalue weighted by atomic mass is 9.77. The maximum atomic E-state index is 11.3. The van der Waals surface area contributed by atoms with Crippen LogP contribution >= 0.6 is 0 Å². The molecule has 1 unspecified atom stereocenters. The van der Waals surface area contributed by atoms with Gasteiger partial charge in [-0.05, 0) is 19.0 Å². The summed E-state index contributed by atoms with van der Waals surface area (Å²) < 4.78 is 22.6. The summed E-state index contributed by atoms with van der Waals surface area (Å²) in [5, 5.41) is 3.25. The lowest BCUT2D eigenvalue weighted by molar-refractivity contribution is 0.350. The number of hydrogen-bond donors (Lipinski definition) is 1. The Morgan fingerprint density at radius 2 is 1.78 bits per heavy atom. The first kappa shape index (κ1) is 15.2. The molecule has 0 amide bonds. The molecular weight excluding hydrogens is 246 g/mol. The van der Waals surface area contributed by atoms with Gasteiger partial charge >= 0.3 is 0 Å². The van der Waals surface area contributed by atoms with Crippen LogP contribution in [0.2, 0.25) is 0 Å². The summed E-state index contributed by atoms with van der Waals surface area (Å²) in [6.45, 7) is 4.29. The van der Waals surface area contributed by atoms with Gasteiger partial charge in [0, 0.05) is 17.7 Å². The summed E-state index contributed by atoms with van der Waals surface area (Å²) in [6, 6.07) is 10.3. The Balaban J connectivity index is 2.87. The zero-order chi connectivity index (χ0) is 13.8. The van der Waals surface area contributed by atoms with Gasteiger partial charge in [0.05, 0.1) is 5.75 Å². The highest BCUT2D eigenvalue weighted by molar-refractivity contribution is 7.90.